The van der Waals surface area contributed by atoms with E-state index in [1.54, 1.807) is 24.9 Å². The third-order valence-corrected chi connectivity index (χ3v) is 8.58. The number of nitrogens with one attached hydrogen (secondary N) is 1. The van der Waals surface area contributed by atoms with Crippen LogP contribution in [0.1, 0.15) is 79.4 Å². The van der Waals surface area contributed by atoms with Crippen LogP contribution in [0, 0.1) is 18.7 Å². The van der Waals surface area contributed by atoms with E-state index in [1.807, 2.05) is 6.92 Å². The SMILES string of the molecule is CN[C@](C)(CO)CCC1CCN(C(=O)N(C)[C@H](C)c2cc(C(F)(F)F)cc(C(F)(F)F)c2)[C@@H](c2ccc(F)cc2C)C1. The maximum absolute atomic E-state index is 14.0. The molecule has 42 heavy (non-hydrogen) atoms. The van der Waals surface area contributed by atoms with E-state index < -0.39 is 53.0 Å². The first-order valence-electron chi connectivity index (χ1n) is 13.8. The molecule has 1 unspecified atom stereocenters. The second-order valence-electron chi connectivity index (χ2n) is 11.5. The maximum atomic E-state index is 14.0. The fourth-order valence-corrected chi connectivity index (χ4v) is 5.46. The number of carbonyl (C=O) groups is 1. The first-order chi connectivity index (χ1) is 19.4. The molecule has 0 aromatic heterocycles. The van der Waals surface area contributed by atoms with Crippen LogP contribution in [0.3, 0.4) is 0 Å². The Balaban J connectivity index is 1.93. The maximum Gasteiger partial charge on any atom is 0.416 e. The van der Waals surface area contributed by atoms with Gasteiger partial charge in [0.15, 0.2) is 0 Å². The molecule has 0 spiro atoms. The molecule has 1 heterocycles. The summed E-state index contributed by atoms with van der Waals surface area (Å²) < 4.78 is 94.8. The molecule has 1 saturated heterocycles. The monoisotopic (exact) mass is 605 g/mol. The van der Waals surface area contributed by atoms with Crippen LogP contribution in [0.4, 0.5) is 35.5 Å². The zero-order valence-electron chi connectivity index (χ0n) is 24.3. The number of piperidine rings is 1. The number of likely N-dealkylation sites (N-methyl/N-ethyl adjacent to an activating group) is 1. The number of rotatable bonds is 8. The minimum Gasteiger partial charge on any atom is -0.394 e. The number of aliphatic hydroxyl groups excluding tert-OH is 1. The Kier molecular flexibility index (Phi) is 10.2. The average molecular weight is 606 g/mol. The number of carbonyl (C=O) groups excluding carboxylic acids is 1. The quantitative estimate of drug-likeness (QED) is 0.307. The Morgan fingerprint density at radius 3 is 2.19 bits per heavy atom. The molecule has 5 nitrogen and oxygen atoms in total. The minimum atomic E-state index is -5.01. The topological polar surface area (TPSA) is 55.8 Å². The van der Waals surface area contributed by atoms with Crippen LogP contribution in [0.2, 0.25) is 0 Å². The zero-order chi connectivity index (χ0) is 31.6. The Bertz CT molecular complexity index is 1210. The van der Waals surface area contributed by atoms with Gasteiger partial charge in [-0.15, -0.1) is 0 Å². The van der Waals surface area contributed by atoms with Crippen molar-refractivity contribution in [1.29, 1.82) is 0 Å². The van der Waals surface area contributed by atoms with E-state index in [0.29, 0.717) is 42.5 Å². The van der Waals surface area contributed by atoms with Gasteiger partial charge in [0.1, 0.15) is 5.82 Å². The van der Waals surface area contributed by atoms with Crippen molar-refractivity contribution in [3.05, 3.63) is 70.0 Å². The van der Waals surface area contributed by atoms with Gasteiger partial charge < -0.3 is 20.2 Å². The Labute approximate surface area is 241 Å². The predicted molar refractivity (Wildman–Crippen MR) is 145 cm³/mol. The lowest BCUT2D eigenvalue weighted by Crippen LogP contribution is -2.48. The highest BCUT2D eigenvalue weighted by molar-refractivity contribution is 5.75. The highest BCUT2D eigenvalue weighted by Gasteiger charge is 2.40. The van der Waals surface area contributed by atoms with Crippen molar-refractivity contribution in [2.75, 3.05) is 27.2 Å². The van der Waals surface area contributed by atoms with Crippen LogP contribution in [0.15, 0.2) is 36.4 Å². The van der Waals surface area contributed by atoms with Crippen molar-refractivity contribution < 1.29 is 40.6 Å². The third-order valence-electron chi connectivity index (χ3n) is 8.58. The summed E-state index contributed by atoms with van der Waals surface area (Å²) in [6.45, 7) is 5.24. The van der Waals surface area contributed by atoms with Crippen molar-refractivity contribution in [3.63, 3.8) is 0 Å². The number of aryl methyl sites for hydroxylation is 1. The minimum absolute atomic E-state index is 0.0599. The number of hydrogen-bond donors (Lipinski definition) is 2. The highest BCUT2D eigenvalue weighted by Crippen LogP contribution is 2.41. The molecule has 2 aromatic carbocycles. The number of hydrogen-bond acceptors (Lipinski definition) is 3. The van der Waals surface area contributed by atoms with Gasteiger partial charge in [-0.1, -0.05) is 6.07 Å². The molecular weight excluding hydrogens is 567 g/mol. The number of amides is 2. The first kappa shape index (κ1) is 33.6. The van der Waals surface area contributed by atoms with Crippen LogP contribution in [0.5, 0.6) is 0 Å². The van der Waals surface area contributed by atoms with E-state index in [-0.39, 0.29) is 30.7 Å². The predicted octanol–water partition coefficient (Wildman–Crippen LogP) is 7.49. The van der Waals surface area contributed by atoms with Gasteiger partial charge in [-0.25, -0.2) is 9.18 Å². The standard InChI is InChI=1S/C30H38F7N3O2/c1-18-12-24(31)6-7-25(18)26-13-20(8-10-28(3,17-41)38-4)9-11-40(26)27(42)39(5)19(2)21-14-22(29(32,33)34)16-23(15-21)30(35,36)37/h6-7,12,14-16,19-20,26,38,41H,8-11,13,17H2,1-5H3/t19-,20?,26-,28+/m1/s1. The molecule has 0 radical (unpaired) electrons. The van der Waals surface area contributed by atoms with Crippen LogP contribution in [-0.4, -0.2) is 53.7 Å². The smallest absolute Gasteiger partial charge is 0.394 e. The van der Waals surface area contributed by atoms with Crippen molar-refractivity contribution >= 4 is 6.03 Å². The van der Waals surface area contributed by atoms with Gasteiger partial charge in [-0.05, 0) is 106 Å². The number of benzene rings is 2. The number of likely N-dealkylation sites (tertiary alicyclic amines) is 1. The molecular formula is C30H38F7N3O2. The van der Waals surface area contributed by atoms with E-state index in [0.717, 1.165) is 11.3 Å². The summed E-state index contributed by atoms with van der Waals surface area (Å²) in [6, 6.07) is 3.43. The van der Waals surface area contributed by atoms with E-state index in [4.69, 9.17) is 0 Å². The lowest BCUT2D eigenvalue weighted by Gasteiger charge is -2.43. The van der Waals surface area contributed by atoms with Crippen molar-refractivity contribution in [1.82, 2.24) is 15.1 Å². The van der Waals surface area contributed by atoms with Crippen LogP contribution in [-0.2, 0) is 12.4 Å². The molecule has 1 fully saturated rings. The van der Waals surface area contributed by atoms with Crippen molar-refractivity contribution in [3.8, 4) is 0 Å². The number of alkyl halides is 6. The molecule has 0 saturated carbocycles. The van der Waals surface area contributed by atoms with E-state index in [2.05, 4.69) is 5.32 Å². The molecule has 12 heteroatoms. The van der Waals surface area contributed by atoms with Gasteiger partial charge >= 0.3 is 18.4 Å². The summed E-state index contributed by atoms with van der Waals surface area (Å²) in [5.74, 6) is -0.284. The normalized spacial score (nSPS) is 20.3. The molecule has 2 N–H and O–H groups in total. The summed E-state index contributed by atoms with van der Waals surface area (Å²) in [4.78, 5) is 16.6. The van der Waals surface area contributed by atoms with Gasteiger partial charge in [0.05, 0.1) is 29.8 Å². The summed E-state index contributed by atoms with van der Waals surface area (Å²) in [7, 11) is 3.11. The lowest BCUT2D eigenvalue weighted by molar-refractivity contribution is -0.143. The van der Waals surface area contributed by atoms with Crippen LogP contribution < -0.4 is 5.32 Å². The average Bonchev–Trinajstić information content (AvgIpc) is 2.93. The molecule has 4 atom stereocenters. The Morgan fingerprint density at radius 2 is 1.69 bits per heavy atom. The number of nitrogens with zero attached hydrogens (tertiary/aromatic N) is 2. The summed E-state index contributed by atoms with van der Waals surface area (Å²) in [5, 5.41) is 12.9. The van der Waals surface area contributed by atoms with Gasteiger partial charge in [0, 0.05) is 19.1 Å². The second kappa shape index (κ2) is 12.8. The molecule has 1 aliphatic heterocycles. The van der Waals surface area contributed by atoms with Crippen molar-refractivity contribution in [2.24, 2.45) is 5.92 Å². The fraction of sp³-hybridized carbons (Fsp3) is 0.567. The van der Waals surface area contributed by atoms with Gasteiger partial charge in [0.2, 0.25) is 0 Å². The molecule has 234 valence electrons. The molecule has 2 amide bonds. The summed E-state index contributed by atoms with van der Waals surface area (Å²) in [6.07, 6.45) is -7.48. The Morgan fingerprint density at radius 1 is 1.10 bits per heavy atom. The largest absolute Gasteiger partial charge is 0.416 e. The molecule has 1 aliphatic rings. The van der Waals surface area contributed by atoms with Gasteiger partial charge in [-0.3, -0.25) is 0 Å². The van der Waals surface area contributed by atoms with E-state index >= 15 is 0 Å². The number of urea groups is 1. The van der Waals surface area contributed by atoms with E-state index in [1.165, 1.54) is 26.1 Å². The van der Waals surface area contributed by atoms with Crippen molar-refractivity contribution in [2.45, 2.75) is 76.4 Å². The molecule has 3 rings (SSSR count). The third kappa shape index (κ3) is 7.75. The highest BCUT2D eigenvalue weighted by atomic mass is 19.4. The van der Waals surface area contributed by atoms with Gasteiger partial charge in [0.25, 0.3) is 0 Å². The first-order valence-corrected chi connectivity index (χ1v) is 13.8. The summed E-state index contributed by atoms with van der Waals surface area (Å²) in [5.41, 5.74) is -2.34. The Hall–Kier alpha value is -2.86. The molecule has 0 aliphatic carbocycles. The van der Waals surface area contributed by atoms with Crippen LogP contribution in [0.25, 0.3) is 0 Å². The molecule has 2 aromatic rings. The van der Waals surface area contributed by atoms with Crippen LogP contribution >= 0.6 is 0 Å². The zero-order valence-corrected chi connectivity index (χ0v) is 24.3. The lowest BCUT2D eigenvalue weighted by atomic mass is 9.81. The van der Waals surface area contributed by atoms with E-state index in [9.17, 15) is 40.6 Å². The number of aliphatic hydroxyl groups is 1. The van der Waals surface area contributed by atoms with Gasteiger partial charge in [-0.2, -0.15) is 26.3 Å². The second-order valence-corrected chi connectivity index (χ2v) is 11.5. The summed E-state index contributed by atoms with van der Waals surface area (Å²) >= 11 is 0. The number of halogens is 7. The fourth-order valence-electron chi connectivity index (χ4n) is 5.46. The molecule has 0 bridgehead atoms.